The van der Waals surface area contributed by atoms with Crippen molar-refractivity contribution in [3.63, 3.8) is 0 Å². The summed E-state index contributed by atoms with van der Waals surface area (Å²) in [6.45, 7) is 13.8. The lowest BCUT2D eigenvalue weighted by molar-refractivity contribution is -0.0236. The average Bonchev–Trinajstić information content (AvgIpc) is 2.94. The van der Waals surface area contributed by atoms with Gasteiger partial charge in [0, 0.05) is 12.6 Å². The maximum Gasteiger partial charge on any atom is 0.407 e. The Morgan fingerprint density at radius 3 is 1.38 bits per heavy atom. The van der Waals surface area contributed by atoms with Gasteiger partial charge in [0.05, 0.1) is 118 Å². The van der Waals surface area contributed by atoms with Gasteiger partial charge in [-0.25, -0.2) is 9.78 Å². The van der Waals surface area contributed by atoms with Gasteiger partial charge in [0.2, 0.25) is 5.88 Å². The van der Waals surface area contributed by atoms with E-state index in [4.69, 9.17) is 53.1 Å². The first-order chi connectivity index (χ1) is 20.4. The number of nitrogens with one attached hydrogen (secondary N) is 1. The molecule has 0 spiro atoms. The normalized spacial score (nSPS) is 11.5. The molecule has 1 heterocycles. The molecule has 1 rings (SSSR count). The number of nitrogen functional groups attached to an aromatic ring is 1. The maximum atomic E-state index is 11.5. The molecule has 0 unspecified atom stereocenters. The van der Waals surface area contributed by atoms with Crippen LogP contribution < -0.4 is 15.8 Å². The second-order valence-corrected chi connectivity index (χ2v) is 9.61. The number of pyridine rings is 1. The molecule has 1 amide bonds. The summed E-state index contributed by atoms with van der Waals surface area (Å²) in [5, 5.41) is 2.63. The molecule has 0 aliphatic rings. The molecule has 0 saturated heterocycles. The van der Waals surface area contributed by atoms with Crippen molar-refractivity contribution in [2.75, 3.05) is 125 Å². The lowest BCUT2D eigenvalue weighted by Crippen LogP contribution is -2.34. The number of carbonyl (C=O) groups is 1. The number of hydrogen-bond donors (Lipinski definition) is 2. The van der Waals surface area contributed by atoms with Crippen molar-refractivity contribution in [3.8, 4) is 5.88 Å². The summed E-state index contributed by atoms with van der Waals surface area (Å²) >= 11 is 0. The van der Waals surface area contributed by atoms with Crippen molar-refractivity contribution < 1.29 is 52.2 Å². The molecule has 14 nitrogen and oxygen atoms in total. The Labute approximate surface area is 249 Å². The van der Waals surface area contributed by atoms with Crippen LogP contribution in [0.5, 0.6) is 5.88 Å². The highest BCUT2D eigenvalue weighted by atomic mass is 16.6. The molecule has 0 aliphatic carbocycles. The fourth-order valence-electron chi connectivity index (χ4n) is 2.86. The third-order valence-corrected chi connectivity index (χ3v) is 4.76. The van der Waals surface area contributed by atoms with Crippen molar-refractivity contribution in [2.45, 2.75) is 26.4 Å². The molecular weight excluding hydrogens is 554 g/mol. The number of alkyl carbamates (subject to hydrolysis) is 1. The number of ether oxygens (including phenoxy) is 10. The number of aromatic nitrogens is 1. The highest BCUT2D eigenvalue weighted by Crippen LogP contribution is 2.08. The fraction of sp³-hybridized carbons (Fsp3) is 0.786. The Bertz CT molecular complexity index is 752. The third-order valence-electron chi connectivity index (χ3n) is 4.76. The third kappa shape index (κ3) is 26.6. The minimum absolute atomic E-state index is 0.383. The summed E-state index contributed by atoms with van der Waals surface area (Å²) in [7, 11) is 0. The van der Waals surface area contributed by atoms with Crippen molar-refractivity contribution >= 4 is 11.8 Å². The number of rotatable bonds is 28. The number of anilines is 1. The molecule has 0 atom stereocenters. The Hall–Kier alpha value is -2.30. The fourth-order valence-corrected chi connectivity index (χ4v) is 2.86. The van der Waals surface area contributed by atoms with Gasteiger partial charge >= 0.3 is 6.09 Å². The van der Waals surface area contributed by atoms with Crippen LogP contribution in [0.1, 0.15) is 20.8 Å². The van der Waals surface area contributed by atoms with Gasteiger partial charge < -0.3 is 58.4 Å². The Morgan fingerprint density at radius 1 is 0.643 bits per heavy atom. The summed E-state index contributed by atoms with van der Waals surface area (Å²) in [4.78, 5) is 15.5. The molecule has 1 aromatic heterocycles. The Kier molecular flexibility index (Phi) is 23.7. The van der Waals surface area contributed by atoms with E-state index in [9.17, 15) is 4.79 Å². The molecule has 0 radical (unpaired) electrons. The number of amides is 1. The molecule has 3 N–H and O–H groups in total. The monoisotopic (exact) mass is 605 g/mol. The van der Waals surface area contributed by atoms with Gasteiger partial charge in [0.15, 0.2) is 0 Å². The molecule has 0 aliphatic heterocycles. The molecule has 0 saturated carbocycles. The van der Waals surface area contributed by atoms with Gasteiger partial charge in [-0.3, -0.25) is 0 Å². The topological polar surface area (TPSA) is 160 Å². The van der Waals surface area contributed by atoms with E-state index in [2.05, 4.69) is 10.3 Å². The van der Waals surface area contributed by atoms with Gasteiger partial charge in [-0.05, 0) is 26.8 Å². The van der Waals surface area contributed by atoms with Crippen LogP contribution in [0.4, 0.5) is 10.5 Å². The molecule has 0 fully saturated rings. The van der Waals surface area contributed by atoms with E-state index in [0.29, 0.717) is 130 Å². The minimum Gasteiger partial charge on any atom is -0.475 e. The van der Waals surface area contributed by atoms with E-state index < -0.39 is 11.7 Å². The van der Waals surface area contributed by atoms with Crippen LogP contribution in [0, 0.1) is 0 Å². The number of nitrogens with zero attached hydrogens (tertiary/aromatic N) is 1. The second kappa shape index (κ2) is 26.3. The maximum absolute atomic E-state index is 11.5. The van der Waals surface area contributed by atoms with Gasteiger partial charge in [-0.2, -0.15) is 0 Å². The quantitative estimate of drug-likeness (QED) is 0.133. The van der Waals surface area contributed by atoms with Gasteiger partial charge in [-0.1, -0.05) is 0 Å². The van der Waals surface area contributed by atoms with Crippen LogP contribution in [0.2, 0.25) is 0 Å². The van der Waals surface area contributed by atoms with Gasteiger partial charge in [0.1, 0.15) is 12.2 Å². The van der Waals surface area contributed by atoms with Crippen LogP contribution in [-0.2, 0) is 42.6 Å². The predicted molar refractivity (Wildman–Crippen MR) is 155 cm³/mol. The van der Waals surface area contributed by atoms with Crippen LogP contribution in [0.25, 0.3) is 0 Å². The Balaban J connectivity index is 1.66. The lowest BCUT2D eigenvalue weighted by atomic mass is 10.2. The summed E-state index contributed by atoms with van der Waals surface area (Å²) in [5.41, 5.74) is 5.66. The minimum atomic E-state index is -0.511. The molecule has 0 aromatic carbocycles. The van der Waals surface area contributed by atoms with E-state index in [0.717, 1.165) is 0 Å². The number of carbonyl (C=O) groups excluding carboxylic acids is 1. The van der Waals surface area contributed by atoms with E-state index in [1.807, 2.05) is 20.8 Å². The number of hydrogen-bond acceptors (Lipinski definition) is 13. The highest BCUT2D eigenvalue weighted by molar-refractivity contribution is 5.67. The van der Waals surface area contributed by atoms with Crippen molar-refractivity contribution in [1.82, 2.24) is 10.3 Å². The standard InChI is InChI=1S/C28H51N3O11/c1-28(2,3)42-27(32)30-6-7-33-8-9-34-10-11-35-12-13-36-14-15-37-16-17-38-18-19-39-20-21-40-22-23-41-26-5-4-25(29)24-31-26/h4-5,24H,6-23,29H2,1-3H3,(H,30,32). The van der Waals surface area contributed by atoms with Gasteiger partial charge in [0.25, 0.3) is 0 Å². The zero-order valence-corrected chi connectivity index (χ0v) is 25.5. The molecule has 14 heteroatoms. The molecule has 0 bridgehead atoms. The summed E-state index contributed by atoms with van der Waals surface area (Å²) in [6, 6.07) is 3.45. The van der Waals surface area contributed by atoms with Crippen molar-refractivity contribution in [2.24, 2.45) is 0 Å². The van der Waals surface area contributed by atoms with Crippen LogP contribution >= 0.6 is 0 Å². The molecule has 1 aromatic rings. The summed E-state index contributed by atoms with van der Waals surface area (Å²) in [5.74, 6) is 0.519. The summed E-state index contributed by atoms with van der Waals surface area (Å²) < 4.78 is 54.1. The molecular formula is C28H51N3O11. The van der Waals surface area contributed by atoms with E-state index >= 15 is 0 Å². The molecule has 42 heavy (non-hydrogen) atoms. The van der Waals surface area contributed by atoms with E-state index in [-0.39, 0.29) is 0 Å². The first-order valence-electron chi connectivity index (χ1n) is 14.3. The SMILES string of the molecule is CC(C)(C)OC(=O)NCCOCCOCCOCCOCCOCCOCCOCCOCCOc1ccc(N)cn1. The lowest BCUT2D eigenvalue weighted by Gasteiger charge is -2.19. The zero-order valence-electron chi connectivity index (χ0n) is 25.5. The highest BCUT2D eigenvalue weighted by Gasteiger charge is 2.15. The van der Waals surface area contributed by atoms with E-state index in [1.165, 1.54) is 0 Å². The van der Waals surface area contributed by atoms with Gasteiger partial charge in [-0.15, -0.1) is 0 Å². The van der Waals surface area contributed by atoms with Crippen molar-refractivity contribution in [1.29, 1.82) is 0 Å². The van der Waals surface area contributed by atoms with Crippen LogP contribution in [0.15, 0.2) is 18.3 Å². The smallest absolute Gasteiger partial charge is 0.407 e. The first-order valence-corrected chi connectivity index (χ1v) is 14.3. The first kappa shape index (κ1) is 37.7. The van der Waals surface area contributed by atoms with Crippen LogP contribution in [0.3, 0.4) is 0 Å². The predicted octanol–water partition coefficient (Wildman–Crippen LogP) is 1.70. The van der Waals surface area contributed by atoms with E-state index in [1.54, 1.807) is 18.3 Å². The number of nitrogens with two attached hydrogens (primary N) is 1. The average molecular weight is 606 g/mol. The largest absolute Gasteiger partial charge is 0.475 e. The zero-order chi connectivity index (χ0) is 30.6. The van der Waals surface area contributed by atoms with Crippen LogP contribution in [-0.4, -0.2) is 136 Å². The summed E-state index contributed by atoms with van der Waals surface area (Å²) in [6.07, 6.45) is 1.09. The van der Waals surface area contributed by atoms with Crippen molar-refractivity contribution in [3.05, 3.63) is 18.3 Å². The Morgan fingerprint density at radius 2 is 1.02 bits per heavy atom. The molecule has 244 valence electrons. The second-order valence-electron chi connectivity index (χ2n) is 9.61.